The minimum absolute atomic E-state index is 0.582. The van der Waals surface area contributed by atoms with Crippen molar-refractivity contribution in [2.45, 2.75) is 58.2 Å². The molecule has 0 spiro atoms. The predicted molar refractivity (Wildman–Crippen MR) is 90.2 cm³/mol. The average Bonchev–Trinajstić information content (AvgIpc) is 2.91. The van der Waals surface area contributed by atoms with E-state index in [2.05, 4.69) is 71.2 Å². The zero-order valence-corrected chi connectivity index (χ0v) is 14.5. The molecule has 1 aliphatic heterocycles. The normalized spacial score (nSPS) is 20.8. The molecule has 2 rings (SSSR count). The summed E-state index contributed by atoms with van der Waals surface area (Å²) in [5.74, 6) is 0. The molecule has 1 N–H and O–H groups in total. The van der Waals surface area contributed by atoms with E-state index in [1.54, 1.807) is 0 Å². The molecule has 3 heteroatoms. The van der Waals surface area contributed by atoms with Gasteiger partial charge in [-0.3, -0.25) is 4.90 Å². The van der Waals surface area contributed by atoms with Crippen LogP contribution in [0.4, 0.5) is 0 Å². The van der Waals surface area contributed by atoms with Crippen LogP contribution in [0.1, 0.15) is 39.2 Å². The summed E-state index contributed by atoms with van der Waals surface area (Å²) < 4.78 is 1.16. The van der Waals surface area contributed by atoms with Crippen molar-refractivity contribution in [1.82, 2.24) is 10.2 Å². The van der Waals surface area contributed by atoms with Gasteiger partial charge in [-0.05, 0) is 64.3 Å². The van der Waals surface area contributed by atoms with Gasteiger partial charge in [-0.2, -0.15) is 0 Å². The van der Waals surface area contributed by atoms with Crippen LogP contribution in [0.3, 0.4) is 0 Å². The summed E-state index contributed by atoms with van der Waals surface area (Å²) in [6, 6.07) is 10.6. The molecule has 2 nitrogen and oxygen atoms in total. The third-order valence-electron chi connectivity index (χ3n) is 4.27. The van der Waals surface area contributed by atoms with Crippen molar-refractivity contribution in [2.75, 3.05) is 13.1 Å². The van der Waals surface area contributed by atoms with Crippen LogP contribution in [-0.4, -0.2) is 36.1 Å². The lowest BCUT2D eigenvalue weighted by molar-refractivity contribution is 0.148. The van der Waals surface area contributed by atoms with Gasteiger partial charge in [-0.1, -0.05) is 28.1 Å². The van der Waals surface area contributed by atoms with E-state index in [4.69, 9.17) is 0 Å². The maximum atomic E-state index is 3.62. The number of nitrogens with zero attached hydrogens (tertiary/aromatic N) is 1. The largest absolute Gasteiger partial charge is 0.313 e. The Morgan fingerprint density at radius 3 is 2.50 bits per heavy atom. The van der Waals surface area contributed by atoms with E-state index in [0.29, 0.717) is 18.1 Å². The number of benzene rings is 1. The van der Waals surface area contributed by atoms with Crippen molar-refractivity contribution >= 4 is 15.9 Å². The zero-order chi connectivity index (χ0) is 14.5. The Balaban J connectivity index is 1.95. The number of halogens is 1. The Bertz CT molecular complexity index is 396. The van der Waals surface area contributed by atoms with E-state index in [-0.39, 0.29) is 0 Å². The van der Waals surface area contributed by atoms with E-state index in [1.165, 1.54) is 31.5 Å². The third-order valence-corrected chi connectivity index (χ3v) is 4.80. The molecule has 1 aromatic rings. The highest BCUT2D eigenvalue weighted by Gasteiger charge is 2.23. The minimum Gasteiger partial charge on any atom is -0.313 e. The minimum atomic E-state index is 0.582. The fourth-order valence-corrected chi connectivity index (χ4v) is 3.41. The second kappa shape index (κ2) is 7.58. The maximum absolute atomic E-state index is 3.62. The van der Waals surface area contributed by atoms with Gasteiger partial charge in [-0.25, -0.2) is 0 Å². The quantitative estimate of drug-likeness (QED) is 0.847. The van der Waals surface area contributed by atoms with Crippen molar-refractivity contribution in [3.05, 3.63) is 34.3 Å². The van der Waals surface area contributed by atoms with Crippen molar-refractivity contribution in [2.24, 2.45) is 0 Å². The summed E-state index contributed by atoms with van der Waals surface area (Å²) in [6.07, 6.45) is 3.78. The smallest absolute Gasteiger partial charge is 0.0195 e. The van der Waals surface area contributed by atoms with Crippen LogP contribution in [0.25, 0.3) is 0 Å². The van der Waals surface area contributed by atoms with Crippen LogP contribution in [0.5, 0.6) is 0 Å². The molecular formula is C17H27BrN2. The second-order valence-electron chi connectivity index (χ2n) is 6.26. The fraction of sp³-hybridized carbons (Fsp3) is 0.647. The molecule has 1 aliphatic rings. The monoisotopic (exact) mass is 338 g/mol. The van der Waals surface area contributed by atoms with Gasteiger partial charge in [0.25, 0.3) is 0 Å². The highest BCUT2D eigenvalue weighted by molar-refractivity contribution is 9.10. The van der Waals surface area contributed by atoms with Crippen LogP contribution in [0, 0.1) is 0 Å². The van der Waals surface area contributed by atoms with Crippen LogP contribution in [0.2, 0.25) is 0 Å². The first-order valence-corrected chi connectivity index (χ1v) is 8.59. The Morgan fingerprint density at radius 2 is 1.95 bits per heavy atom. The molecule has 1 aromatic carbocycles. The Hall–Kier alpha value is -0.380. The highest BCUT2D eigenvalue weighted by atomic mass is 79.9. The summed E-state index contributed by atoms with van der Waals surface area (Å²) in [5, 5.41) is 3.62. The lowest BCUT2D eigenvalue weighted by Crippen LogP contribution is -2.46. The second-order valence-corrected chi connectivity index (χ2v) is 7.18. The number of nitrogens with one attached hydrogen (secondary N) is 1. The van der Waals surface area contributed by atoms with Gasteiger partial charge in [0.05, 0.1) is 0 Å². The van der Waals surface area contributed by atoms with E-state index in [1.807, 2.05) is 0 Å². The summed E-state index contributed by atoms with van der Waals surface area (Å²) in [4.78, 5) is 2.64. The number of hydrogen-bond acceptors (Lipinski definition) is 2. The third kappa shape index (κ3) is 4.57. The lowest BCUT2D eigenvalue weighted by Gasteiger charge is -2.35. The zero-order valence-electron chi connectivity index (χ0n) is 12.9. The number of rotatable bonds is 6. The number of hydrogen-bond donors (Lipinski definition) is 1. The van der Waals surface area contributed by atoms with E-state index in [9.17, 15) is 0 Å². The molecular weight excluding hydrogens is 312 g/mol. The SMILES string of the molecule is CC(C)N(CC1CCCN1)C(C)Cc1ccc(Br)cc1. The molecule has 112 valence electrons. The summed E-state index contributed by atoms with van der Waals surface area (Å²) >= 11 is 3.50. The molecule has 0 aliphatic carbocycles. The summed E-state index contributed by atoms with van der Waals surface area (Å²) in [6.45, 7) is 9.35. The molecule has 20 heavy (non-hydrogen) atoms. The average molecular weight is 339 g/mol. The lowest BCUT2D eigenvalue weighted by atomic mass is 10.0. The molecule has 0 amide bonds. The van der Waals surface area contributed by atoms with E-state index in [0.717, 1.165) is 10.9 Å². The highest BCUT2D eigenvalue weighted by Crippen LogP contribution is 2.17. The van der Waals surface area contributed by atoms with Gasteiger partial charge >= 0.3 is 0 Å². The molecule has 2 atom stereocenters. The van der Waals surface area contributed by atoms with Gasteiger partial charge in [0.15, 0.2) is 0 Å². The molecule has 1 fully saturated rings. The van der Waals surface area contributed by atoms with E-state index >= 15 is 0 Å². The van der Waals surface area contributed by atoms with Gasteiger partial charge < -0.3 is 5.32 Å². The van der Waals surface area contributed by atoms with Gasteiger partial charge in [0, 0.05) is 29.1 Å². The first-order chi connectivity index (χ1) is 9.56. The molecule has 0 bridgehead atoms. The Morgan fingerprint density at radius 1 is 1.25 bits per heavy atom. The molecule has 0 radical (unpaired) electrons. The molecule has 0 aromatic heterocycles. The Labute approximate surface area is 132 Å². The Kier molecular flexibility index (Phi) is 6.06. The molecule has 1 saturated heterocycles. The maximum Gasteiger partial charge on any atom is 0.0195 e. The van der Waals surface area contributed by atoms with Crippen LogP contribution in [0.15, 0.2) is 28.7 Å². The standard InChI is InChI=1S/C17H27BrN2/c1-13(2)20(12-17-5-4-10-19-17)14(3)11-15-6-8-16(18)9-7-15/h6-9,13-14,17,19H,4-5,10-12H2,1-3H3. The summed E-state index contributed by atoms with van der Waals surface area (Å²) in [7, 11) is 0. The van der Waals surface area contributed by atoms with Crippen molar-refractivity contribution in [3.63, 3.8) is 0 Å². The van der Waals surface area contributed by atoms with Crippen molar-refractivity contribution in [3.8, 4) is 0 Å². The van der Waals surface area contributed by atoms with Gasteiger partial charge in [0.2, 0.25) is 0 Å². The van der Waals surface area contributed by atoms with E-state index < -0.39 is 0 Å². The van der Waals surface area contributed by atoms with Crippen molar-refractivity contribution < 1.29 is 0 Å². The first kappa shape index (κ1) is 16.0. The van der Waals surface area contributed by atoms with Crippen LogP contribution in [-0.2, 0) is 6.42 Å². The van der Waals surface area contributed by atoms with Gasteiger partial charge in [-0.15, -0.1) is 0 Å². The fourth-order valence-electron chi connectivity index (χ4n) is 3.15. The predicted octanol–water partition coefficient (Wildman–Crippen LogP) is 3.84. The topological polar surface area (TPSA) is 15.3 Å². The van der Waals surface area contributed by atoms with Gasteiger partial charge in [0.1, 0.15) is 0 Å². The molecule has 1 heterocycles. The van der Waals surface area contributed by atoms with Crippen LogP contribution < -0.4 is 5.32 Å². The molecule has 0 saturated carbocycles. The molecule has 2 unspecified atom stereocenters. The summed E-state index contributed by atoms with van der Waals surface area (Å²) in [5.41, 5.74) is 1.42. The van der Waals surface area contributed by atoms with Crippen LogP contribution >= 0.6 is 15.9 Å². The first-order valence-electron chi connectivity index (χ1n) is 7.80. The van der Waals surface area contributed by atoms with Crippen molar-refractivity contribution in [1.29, 1.82) is 0 Å².